The number of nitrogens with zero attached hydrogens (tertiary/aromatic N) is 2. The third-order valence-electron chi connectivity index (χ3n) is 3.93. The Morgan fingerprint density at radius 1 is 1.12 bits per heavy atom. The van der Waals surface area contributed by atoms with Crippen LogP contribution in [0.1, 0.15) is 17.2 Å². The molecule has 4 aromatic rings. The summed E-state index contributed by atoms with van der Waals surface area (Å²) in [4.78, 5) is 4.83. The van der Waals surface area contributed by atoms with Gasteiger partial charge in [0.15, 0.2) is 5.76 Å². The number of thiophene rings is 1. The van der Waals surface area contributed by atoms with Crippen molar-refractivity contribution in [3.8, 4) is 21.9 Å². The minimum Gasteiger partial charge on any atom is -0.383 e. The standard InChI is InChI=1S/C19H12BrFN2O2S/c20-15-8-7-14(26-15)19-16(18(24)11-4-3-9-22-10-11)17(23-25-19)12-5-1-2-6-13(12)21/h1-10,18,24H. The number of halogens is 2. The Morgan fingerprint density at radius 3 is 2.65 bits per heavy atom. The monoisotopic (exact) mass is 430 g/mol. The zero-order valence-electron chi connectivity index (χ0n) is 13.3. The molecule has 26 heavy (non-hydrogen) atoms. The molecule has 1 aromatic carbocycles. The fourth-order valence-electron chi connectivity index (χ4n) is 2.72. The van der Waals surface area contributed by atoms with Crippen molar-refractivity contribution in [3.05, 3.63) is 81.7 Å². The van der Waals surface area contributed by atoms with Gasteiger partial charge in [0, 0.05) is 23.5 Å². The van der Waals surface area contributed by atoms with Crippen LogP contribution in [0.4, 0.5) is 4.39 Å². The Kier molecular flexibility index (Phi) is 4.67. The number of hydrogen-bond donors (Lipinski definition) is 1. The predicted molar refractivity (Wildman–Crippen MR) is 101 cm³/mol. The van der Waals surface area contributed by atoms with Crippen LogP contribution in [0.25, 0.3) is 21.9 Å². The van der Waals surface area contributed by atoms with Crippen molar-refractivity contribution in [2.45, 2.75) is 6.10 Å². The number of hydrogen-bond acceptors (Lipinski definition) is 5. The topological polar surface area (TPSA) is 59.2 Å². The van der Waals surface area contributed by atoms with Gasteiger partial charge in [-0.05, 0) is 46.3 Å². The molecule has 0 aliphatic rings. The summed E-state index contributed by atoms with van der Waals surface area (Å²) in [6, 6.07) is 13.5. The molecule has 0 saturated carbocycles. The van der Waals surface area contributed by atoms with Crippen LogP contribution < -0.4 is 0 Å². The lowest BCUT2D eigenvalue weighted by atomic mass is 9.96. The van der Waals surface area contributed by atoms with Crippen LogP contribution in [-0.2, 0) is 0 Å². The second kappa shape index (κ2) is 7.11. The van der Waals surface area contributed by atoms with Gasteiger partial charge in [-0.25, -0.2) is 4.39 Å². The van der Waals surface area contributed by atoms with E-state index in [4.69, 9.17) is 4.52 Å². The van der Waals surface area contributed by atoms with E-state index >= 15 is 0 Å². The first-order valence-corrected chi connectivity index (χ1v) is 9.34. The predicted octanol–water partition coefficient (Wildman–Crippen LogP) is 5.45. The first-order valence-electron chi connectivity index (χ1n) is 7.73. The van der Waals surface area contributed by atoms with Gasteiger partial charge in [0.25, 0.3) is 0 Å². The Bertz CT molecular complexity index is 1050. The number of benzene rings is 1. The molecule has 0 spiro atoms. The lowest BCUT2D eigenvalue weighted by Gasteiger charge is -2.12. The molecular formula is C19H12BrFN2O2S. The van der Waals surface area contributed by atoms with E-state index in [1.807, 2.05) is 12.1 Å². The lowest BCUT2D eigenvalue weighted by Crippen LogP contribution is -2.03. The van der Waals surface area contributed by atoms with E-state index in [0.29, 0.717) is 16.9 Å². The van der Waals surface area contributed by atoms with Crippen LogP contribution in [-0.4, -0.2) is 15.2 Å². The normalized spacial score (nSPS) is 12.3. The molecule has 1 N–H and O–H groups in total. The van der Waals surface area contributed by atoms with Crippen molar-refractivity contribution in [1.29, 1.82) is 0 Å². The molecule has 0 aliphatic heterocycles. The van der Waals surface area contributed by atoms with E-state index in [1.54, 1.807) is 42.7 Å². The summed E-state index contributed by atoms with van der Waals surface area (Å²) in [6.07, 6.45) is 2.14. The summed E-state index contributed by atoms with van der Waals surface area (Å²) < 4.78 is 20.8. The molecule has 0 saturated heterocycles. The minimum absolute atomic E-state index is 0.274. The summed E-state index contributed by atoms with van der Waals surface area (Å²) in [5.41, 5.74) is 1.54. The zero-order chi connectivity index (χ0) is 18.1. The fraction of sp³-hybridized carbons (Fsp3) is 0.0526. The van der Waals surface area contributed by atoms with E-state index in [-0.39, 0.29) is 11.3 Å². The van der Waals surface area contributed by atoms with Crippen LogP contribution in [0, 0.1) is 5.82 Å². The molecule has 0 aliphatic carbocycles. The van der Waals surface area contributed by atoms with Crippen molar-refractivity contribution < 1.29 is 14.0 Å². The van der Waals surface area contributed by atoms with E-state index in [1.165, 1.54) is 17.4 Å². The van der Waals surface area contributed by atoms with E-state index in [2.05, 4.69) is 26.1 Å². The third-order valence-corrected chi connectivity index (χ3v) is 5.55. The first kappa shape index (κ1) is 17.1. The molecule has 0 bridgehead atoms. The maximum absolute atomic E-state index is 14.4. The first-order chi connectivity index (χ1) is 12.6. The highest BCUT2D eigenvalue weighted by Crippen LogP contribution is 2.42. The van der Waals surface area contributed by atoms with Gasteiger partial charge in [0.05, 0.1) is 14.2 Å². The van der Waals surface area contributed by atoms with Crippen LogP contribution in [0.3, 0.4) is 0 Å². The molecule has 3 heterocycles. The van der Waals surface area contributed by atoms with E-state index < -0.39 is 11.9 Å². The van der Waals surface area contributed by atoms with E-state index in [0.717, 1.165) is 8.66 Å². The van der Waals surface area contributed by atoms with Gasteiger partial charge in [-0.3, -0.25) is 4.98 Å². The Balaban J connectivity index is 1.93. The largest absolute Gasteiger partial charge is 0.383 e. The van der Waals surface area contributed by atoms with Gasteiger partial charge >= 0.3 is 0 Å². The maximum atomic E-state index is 14.4. The molecule has 0 amide bonds. The van der Waals surface area contributed by atoms with Gasteiger partial charge in [-0.1, -0.05) is 23.4 Å². The molecule has 3 aromatic heterocycles. The van der Waals surface area contributed by atoms with Crippen molar-refractivity contribution in [1.82, 2.24) is 10.1 Å². The number of pyridine rings is 1. The van der Waals surface area contributed by atoms with E-state index in [9.17, 15) is 9.50 Å². The van der Waals surface area contributed by atoms with Crippen LogP contribution in [0.2, 0.25) is 0 Å². The van der Waals surface area contributed by atoms with Crippen LogP contribution in [0.15, 0.2) is 69.2 Å². The second-order valence-corrected chi connectivity index (χ2v) is 8.01. The summed E-state index contributed by atoms with van der Waals surface area (Å²) in [6.45, 7) is 0. The summed E-state index contributed by atoms with van der Waals surface area (Å²) in [5, 5.41) is 15.1. The quantitative estimate of drug-likeness (QED) is 0.467. The van der Waals surface area contributed by atoms with Gasteiger partial charge in [-0.2, -0.15) is 0 Å². The SMILES string of the molecule is OC(c1cccnc1)c1c(-c2ccccc2F)noc1-c1ccc(Br)s1. The Morgan fingerprint density at radius 2 is 1.96 bits per heavy atom. The summed E-state index contributed by atoms with van der Waals surface area (Å²) in [5.74, 6) is -0.0188. The van der Waals surface area contributed by atoms with Gasteiger partial charge in [0.2, 0.25) is 0 Å². The van der Waals surface area contributed by atoms with Crippen molar-refractivity contribution in [2.24, 2.45) is 0 Å². The number of aliphatic hydroxyl groups excluding tert-OH is 1. The van der Waals surface area contributed by atoms with Gasteiger partial charge < -0.3 is 9.63 Å². The number of aromatic nitrogens is 2. The highest BCUT2D eigenvalue weighted by Gasteiger charge is 2.28. The molecule has 130 valence electrons. The smallest absolute Gasteiger partial charge is 0.183 e. The zero-order valence-corrected chi connectivity index (χ0v) is 15.7. The maximum Gasteiger partial charge on any atom is 0.183 e. The minimum atomic E-state index is -1.06. The van der Waals surface area contributed by atoms with Gasteiger partial charge in [-0.15, -0.1) is 11.3 Å². The molecule has 0 fully saturated rings. The van der Waals surface area contributed by atoms with Crippen LogP contribution in [0.5, 0.6) is 0 Å². The highest BCUT2D eigenvalue weighted by molar-refractivity contribution is 9.11. The lowest BCUT2D eigenvalue weighted by molar-refractivity contribution is 0.220. The third kappa shape index (κ3) is 3.09. The average molecular weight is 431 g/mol. The second-order valence-electron chi connectivity index (χ2n) is 5.55. The average Bonchev–Trinajstić information content (AvgIpc) is 3.28. The molecule has 0 radical (unpaired) electrons. The fourth-order valence-corrected chi connectivity index (χ4v) is 4.09. The molecule has 1 atom stereocenters. The molecule has 1 unspecified atom stereocenters. The molecular weight excluding hydrogens is 419 g/mol. The van der Waals surface area contributed by atoms with Crippen molar-refractivity contribution in [3.63, 3.8) is 0 Å². The van der Waals surface area contributed by atoms with Crippen molar-refractivity contribution in [2.75, 3.05) is 0 Å². The molecule has 4 nitrogen and oxygen atoms in total. The van der Waals surface area contributed by atoms with Crippen LogP contribution >= 0.6 is 27.3 Å². The number of rotatable bonds is 4. The summed E-state index contributed by atoms with van der Waals surface area (Å²) >= 11 is 4.87. The number of aliphatic hydroxyl groups is 1. The Hall–Kier alpha value is -2.35. The van der Waals surface area contributed by atoms with Gasteiger partial charge in [0.1, 0.15) is 17.6 Å². The molecule has 4 rings (SSSR count). The Labute approximate surface area is 161 Å². The van der Waals surface area contributed by atoms with Crippen molar-refractivity contribution >= 4 is 27.3 Å². The molecule has 7 heteroatoms. The highest BCUT2D eigenvalue weighted by atomic mass is 79.9. The summed E-state index contributed by atoms with van der Waals surface area (Å²) in [7, 11) is 0.